The lowest BCUT2D eigenvalue weighted by atomic mass is 9.87. The number of nitrogen functional groups attached to an aromatic ring is 1. The average molecular weight is 300 g/mol. The van der Waals surface area contributed by atoms with Gasteiger partial charge in [-0.3, -0.25) is 9.36 Å². The van der Waals surface area contributed by atoms with E-state index >= 15 is 0 Å². The van der Waals surface area contributed by atoms with E-state index in [-0.39, 0.29) is 11.2 Å². The van der Waals surface area contributed by atoms with Crippen molar-refractivity contribution in [2.45, 2.75) is 58.2 Å². The van der Waals surface area contributed by atoms with Crippen LogP contribution in [0.4, 0.5) is 5.95 Å². The Bertz CT molecular complexity index is 446. The standard InChI is InChI=1S/C13H24N4O2S/c1-4-5-6-7-13(2,3)9-17-11(14)15-16-12(17)20-8-10(18)19/h4-9H2,1-3H3,(H2,14,15)(H,18,19). The van der Waals surface area contributed by atoms with Crippen LogP contribution in [0.5, 0.6) is 0 Å². The normalized spacial score (nSPS) is 11.8. The quantitative estimate of drug-likeness (QED) is 0.538. The lowest BCUT2D eigenvalue weighted by Gasteiger charge is -2.26. The van der Waals surface area contributed by atoms with Crippen LogP contribution in [-0.2, 0) is 11.3 Å². The third kappa shape index (κ3) is 5.40. The second-order valence-electron chi connectivity index (χ2n) is 5.73. The number of rotatable bonds is 9. The highest BCUT2D eigenvalue weighted by atomic mass is 32.2. The number of anilines is 1. The van der Waals surface area contributed by atoms with Crippen LogP contribution in [-0.4, -0.2) is 31.6 Å². The highest BCUT2D eigenvalue weighted by Crippen LogP contribution is 2.29. The topological polar surface area (TPSA) is 94.0 Å². The molecular weight excluding hydrogens is 276 g/mol. The van der Waals surface area contributed by atoms with Crippen molar-refractivity contribution in [1.82, 2.24) is 14.8 Å². The fourth-order valence-electron chi connectivity index (χ4n) is 2.04. The van der Waals surface area contributed by atoms with E-state index in [1.807, 2.05) is 4.57 Å². The summed E-state index contributed by atoms with van der Waals surface area (Å²) in [6, 6.07) is 0. The van der Waals surface area contributed by atoms with Gasteiger partial charge in [0.2, 0.25) is 5.95 Å². The number of carbonyl (C=O) groups is 1. The molecule has 0 saturated heterocycles. The molecule has 0 aliphatic carbocycles. The zero-order valence-electron chi connectivity index (χ0n) is 12.4. The number of carboxylic acid groups (broad SMARTS) is 1. The number of thioether (sulfide) groups is 1. The van der Waals surface area contributed by atoms with E-state index in [9.17, 15) is 4.79 Å². The summed E-state index contributed by atoms with van der Waals surface area (Å²) in [6.45, 7) is 7.27. The van der Waals surface area contributed by atoms with Crippen LogP contribution in [0.25, 0.3) is 0 Å². The number of aromatic nitrogens is 3. The lowest BCUT2D eigenvalue weighted by molar-refractivity contribution is -0.133. The maximum absolute atomic E-state index is 10.6. The van der Waals surface area contributed by atoms with Gasteiger partial charge in [-0.1, -0.05) is 51.8 Å². The average Bonchev–Trinajstić information content (AvgIpc) is 2.68. The molecule has 0 unspecified atom stereocenters. The predicted molar refractivity (Wildman–Crippen MR) is 80.7 cm³/mol. The van der Waals surface area contributed by atoms with Gasteiger partial charge in [0.25, 0.3) is 0 Å². The zero-order chi connectivity index (χ0) is 15.2. The number of nitrogens with zero attached hydrogens (tertiary/aromatic N) is 3. The summed E-state index contributed by atoms with van der Waals surface area (Å²) in [5.74, 6) is -0.555. The maximum atomic E-state index is 10.6. The first kappa shape index (κ1) is 16.8. The molecule has 0 bridgehead atoms. The predicted octanol–water partition coefficient (Wildman–Crippen LogP) is 2.64. The molecule has 0 aromatic carbocycles. The van der Waals surface area contributed by atoms with Gasteiger partial charge >= 0.3 is 5.97 Å². The van der Waals surface area contributed by atoms with Gasteiger partial charge in [-0.15, -0.1) is 10.2 Å². The molecule has 20 heavy (non-hydrogen) atoms. The van der Waals surface area contributed by atoms with Crippen LogP contribution in [0.1, 0.15) is 46.5 Å². The van der Waals surface area contributed by atoms with Crippen LogP contribution in [0.15, 0.2) is 5.16 Å². The molecule has 0 aliphatic heterocycles. The van der Waals surface area contributed by atoms with Crippen LogP contribution in [0.3, 0.4) is 0 Å². The summed E-state index contributed by atoms with van der Waals surface area (Å²) in [6.07, 6.45) is 4.71. The first-order chi connectivity index (χ1) is 9.35. The van der Waals surface area contributed by atoms with Crippen molar-refractivity contribution in [2.75, 3.05) is 11.5 Å². The monoisotopic (exact) mass is 300 g/mol. The Labute approximate surface area is 124 Å². The molecular formula is C13H24N4O2S. The third-order valence-electron chi connectivity index (χ3n) is 3.11. The second kappa shape index (κ2) is 7.52. The summed E-state index contributed by atoms with van der Waals surface area (Å²) in [5, 5.41) is 17.1. The number of aliphatic carboxylic acids is 1. The van der Waals surface area contributed by atoms with Crippen molar-refractivity contribution < 1.29 is 9.90 Å². The van der Waals surface area contributed by atoms with E-state index in [1.54, 1.807) is 0 Å². The van der Waals surface area contributed by atoms with Crippen molar-refractivity contribution in [3.63, 3.8) is 0 Å². The van der Waals surface area contributed by atoms with Gasteiger partial charge in [0.15, 0.2) is 5.16 Å². The van der Waals surface area contributed by atoms with Crippen molar-refractivity contribution in [3.05, 3.63) is 0 Å². The number of nitrogens with two attached hydrogens (primary N) is 1. The number of carboxylic acids is 1. The van der Waals surface area contributed by atoms with Gasteiger partial charge in [-0.05, 0) is 11.8 Å². The summed E-state index contributed by atoms with van der Waals surface area (Å²) in [4.78, 5) is 10.6. The highest BCUT2D eigenvalue weighted by Gasteiger charge is 2.22. The van der Waals surface area contributed by atoms with E-state index in [2.05, 4.69) is 31.0 Å². The van der Waals surface area contributed by atoms with E-state index in [4.69, 9.17) is 10.8 Å². The zero-order valence-corrected chi connectivity index (χ0v) is 13.2. The van der Waals surface area contributed by atoms with Gasteiger partial charge in [0.05, 0.1) is 5.75 Å². The van der Waals surface area contributed by atoms with Gasteiger partial charge in [-0.25, -0.2) is 0 Å². The molecule has 0 saturated carbocycles. The SMILES string of the molecule is CCCCCC(C)(C)Cn1c(N)nnc1SCC(=O)O. The number of hydrogen-bond acceptors (Lipinski definition) is 5. The summed E-state index contributed by atoms with van der Waals surface area (Å²) < 4.78 is 1.82. The Kier molecular flexibility index (Phi) is 6.32. The van der Waals surface area contributed by atoms with Crippen LogP contribution in [0.2, 0.25) is 0 Å². The molecule has 0 amide bonds. The van der Waals surface area contributed by atoms with E-state index in [0.29, 0.717) is 17.6 Å². The fraction of sp³-hybridized carbons (Fsp3) is 0.769. The van der Waals surface area contributed by atoms with Gasteiger partial charge < -0.3 is 10.8 Å². The van der Waals surface area contributed by atoms with Crippen molar-refractivity contribution in [1.29, 1.82) is 0 Å². The maximum Gasteiger partial charge on any atom is 0.313 e. The summed E-state index contributed by atoms with van der Waals surface area (Å²) in [7, 11) is 0. The van der Waals surface area contributed by atoms with E-state index < -0.39 is 5.97 Å². The smallest absolute Gasteiger partial charge is 0.313 e. The van der Waals surface area contributed by atoms with Crippen LogP contribution >= 0.6 is 11.8 Å². The van der Waals surface area contributed by atoms with Crippen molar-refractivity contribution in [2.24, 2.45) is 5.41 Å². The molecule has 1 aromatic rings. The molecule has 0 atom stereocenters. The summed E-state index contributed by atoms with van der Waals surface area (Å²) >= 11 is 1.15. The van der Waals surface area contributed by atoms with E-state index in [1.165, 1.54) is 19.3 Å². The van der Waals surface area contributed by atoms with Crippen molar-refractivity contribution >= 4 is 23.7 Å². The summed E-state index contributed by atoms with van der Waals surface area (Å²) in [5.41, 5.74) is 5.93. The molecule has 1 heterocycles. The lowest BCUT2D eigenvalue weighted by Crippen LogP contribution is -2.21. The second-order valence-corrected chi connectivity index (χ2v) is 6.67. The molecule has 6 nitrogen and oxygen atoms in total. The molecule has 3 N–H and O–H groups in total. The van der Waals surface area contributed by atoms with Gasteiger partial charge in [-0.2, -0.15) is 0 Å². The van der Waals surface area contributed by atoms with Gasteiger partial charge in [0.1, 0.15) is 0 Å². The first-order valence-corrected chi connectivity index (χ1v) is 7.87. The Balaban J connectivity index is 2.69. The Morgan fingerprint density at radius 3 is 2.70 bits per heavy atom. The first-order valence-electron chi connectivity index (χ1n) is 6.89. The molecule has 0 aliphatic rings. The molecule has 0 radical (unpaired) electrons. The van der Waals surface area contributed by atoms with Crippen LogP contribution < -0.4 is 5.73 Å². The minimum atomic E-state index is -0.870. The largest absolute Gasteiger partial charge is 0.481 e. The van der Waals surface area contributed by atoms with Crippen LogP contribution in [0, 0.1) is 5.41 Å². The molecule has 0 fully saturated rings. The molecule has 0 spiro atoms. The van der Waals surface area contributed by atoms with E-state index in [0.717, 1.165) is 18.2 Å². The fourth-order valence-corrected chi connectivity index (χ4v) is 2.71. The molecule has 1 rings (SSSR count). The van der Waals surface area contributed by atoms with Gasteiger partial charge in [0, 0.05) is 6.54 Å². The minimum absolute atomic E-state index is 0.0333. The molecule has 7 heteroatoms. The molecule has 114 valence electrons. The third-order valence-corrected chi connectivity index (χ3v) is 4.06. The Morgan fingerprint density at radius 2 is 2.10 bits per heavy atom. The number of hydrogen-bond donors (Lipinski definition) is 2. The molecule has 1 aromatic heterocycles. The minimum Gasteiger partial charge on any atom is -0.481 e. The highest BCUT2D eigenvalue weighted by molar-refractivity contribution is 7.99. The Hall–Kier alpha value is -1.24. The number of unbranched alkanes of at least 4 members (excludes halogenated alkanes) is 2. The van der Waals surface area contributed by atoms with Crippen molar-refractivity contribution in [3.8, 4) is 0 Å². The Morgan fingerprint density at radius 1 is 1.40 bits per heavy atom.